The molecule has 0 spiro atoms. The van der Waals surface area contributed by atoms with Crippen LogP contribution in [0.4, 0.5) is 10.5 Å². The Morgan fingerprint density at radius 2 is 2.12 bits per heavy atom. The molecule has 1 N–H and O–H groups in total. The molecular formula is C14H12N2O7S. The number of rotatable bonds is 4. The van der Waals surface area contributed by atoms with Crippen LogP contribution >= 0.6 is 11.8 Å². The van der Waals surface area contributed by atoms with Crippen LogP contribution in [-0.4, -0.2) is 45.2 Å². The highest BCUT2D eigenvalue weighted by atomic mass is 32.2. The van der Waals surface area contributed by atoms with Gasteiger partial charge in [0, 0.05) is 6.07 Å². The third-order valence-electron chi connectivity index (χ3n) is 3.25. The number of esters is 1. The Labute approximate surface area is 140 Å². The lowest BCUT2D eigenvalue weighted by Crippen LogP contribution is -2.42. The van der Waals surface area contributed by atoms with Crippen LogP contribution < -0.4 is 0 Å². The number of methoxy groups -OCH3 is 1. The average molecular weight is 352 g/mol. The maximum absolute atomic E-state index is 12.3. The van der Waals surface area contributed by atoms with Crippen molar-refractivity contribution in [2.45, 2.75) is 13.0 Å². The summed E-state index contributed by atoms with van der Waals surface area (Å²) >= 11 is 0.610. The number of benzene rings is 1. The zero-order valence-corrected chi connectivity index (χ0v) is 13.4. The van der Waals surface area contributed by atoms with Gasteiger partial charge in [0.2, 0.25) is 0 Å². The van der Waals surface area contributed by atoms with Crippen molar-refractivity contribution >= 4 is 40.6 Å². The van der Waals surface area contributed by atoms with Crippen LogP contribution in [-0.2, 0) is 14.3 Å². The molecule has 2 rings (SSSR count). The molecule has 24 heavy (non-hydrogen) atoms. The number of ether oxygens (including phenoxy) is 1. The predicted octanol–water partition coefficient (Wildman–Crippen LogP) is 1.90. The smallest absolute Gasteiger partial charge is 0.328 e. The number of hydrogen-bond donors (Lipinski definition) is 1. The van der Waals surface area contributed by atoms with E-state index in [9.17, 15) is 29.6 Å². The van der Waals surface area contributed by atoms with Gasteiger partial charge in [-0.3, -0.25) is 24.6 Å². The number of phenolic OH excluding ortho intramolecular Hbond substituents is 1. The Bertz CT molecular complexity index is 774. The van der Waals surface area contributed by atoms with Gasteiger partial charge in [-0.15, -0.1) is 0 Å². The van der Waals surface area contributed by atoms with Gasteiger partial charge in [-0.25, -0.2) is 4.79 Å². The van der Waals surface area contributed by atoms with Crippen molar-refractivity contribution < 1.29 is 29.2 Å². The Hall–Kier alpha value is -2.88. The zero-order valence-electron chi connectivity index (χ0n) is 12.6. The van der Waals surface area contributed by atoms with Gasteiger partial charge < -0.3 is 9.84 Å². The molecule has 0 unspecified atom stereocenters. The van der Waals surface area contributed by atoms with Crippen molar-refractivity contribution in [2.24, 2.45) is 0 Å². The van der Waals surface area contributed by atoms with Gasteiger partial charge in [-0.05, 0) is 36.4 Å². The maximum Gasteiger partial charge on any atom is 0.328 e. The lowest BCUT2D eigenvalue weighted by atomic mass is 10.1. The summed E-state index contributed by atoms with van der Waals surface area (Å²) in [7, 11) is 1.14. The molecule has 1 aromatic rings. The fraction of sp³-hybridized carbons (Fsp3) is 0.214. The molecule has 1 aromatic carbocycles. The van der Waals surface area contributed by atoms with Crippen molar-refractivity contribution in [3.63, 3.8) is 0 Å². The Morgan fingerprint density at radius 1 is 1.46 bits per heavy atom. The van der Waals surface area contributed by atoms with E-state index in [2.05, 4.69) is 4.74 Å². The number of phenols is 1. The number of carbonyl (C=O) groups is 3. The van der Waals surface area contributed by atoms with Crippen LogP contribution in [0.15, 0.2) is 23.1 Å². The summed E-state index contributed by atoms with van der Waals surface area (Å²) in [6.45, 7) is 1.36. The molecule has 1 aliphatic heterocycles. The fourth-order valence-corrected chi connectivity index (χ4v) is 2.93. The first-order chi connectivity index (χ1) is 11.3. The van der Waals surface area contributed by atoms with Crippen LogP contribution in [0.3, 0.4) is 0 Å². The highest BCUT2D eigenvalue weighted by Crippen LogP contribution is 2.35. The van der Waals surface area contributed by atoms with Crippen molar-refractivity contribution in [1.29, 1.82) is 0 Å². The number of imide groups is 1. The summed E-state index contributed by atoms with van der Waals surface area (Å²) in [5.41, 5.74) is -0.262. The molecular weight excluding hydrogens is 340 g/mol. The van der Waals surface area contributed by atoms with Gasteiger partial charge in [-0.1, -0.05) is 6.07 Å². The van der Waals surface area contributed by atoms with Crippen LogP contribution in [0.1, 0.15) is 12.5 Å². The number of nitro benzene ring substituents is 1. The topological polar surface area (TPSA) is 127 Å². The molecule has 1 fully saturated rings. The second kappa shape index (κ2) is 6.71. The molecule has 2 amide bonds. The summed E-state index contributed by atoms with van der Waals surface area (Å²) in [6.07, 6.45) is 1.28. The number of hydrogen-bond acceptors (Lipinski definition) is 8. The van der Waals surface area contributed by atoms with Crippen molar-refractivity contribution in [3.8, 4) is 5.75 Å². The molecule has 0 aliphatic carbocycles. The lowest BCUT2D eigenvalue weighted by molar-refractivity contribution is -0.385. The molecule has 1 saturated heterocycles. The summed E-state index contributed by atoms with van der Waals surface area (Å²) in [5.74, 6) is -1.94. The fourth-order valence-electron chi connectivity index (χ4n) is 2.02. The third kappa shape index (κ3) is 3.23. The molecule has 10 heteroatoms. The monoisotopic (exact) mass is 352 g/mol. The SMILES string of the molecule is COC(=O)[C@@H](C)N1C(=O)S/C(=C/c2ccc(O)c([N+](=O)[O-])c2)C1=O. The van der Waals surface area contributed by atoms with E-state index >= 15 is 0 Å². The maximum atomic E-state index is 12.3. The third-order valence-corrected chi connectivity index (χ3v) is 4.13. The summed E-state index contributed by atoms with van der Waals surface area (Å²) in [6, 6.07) is 2.47. The number of thioether (sulfide) groups is 1. The first kappa shape index (κ1) is 17.5. The van der Waals surface area contributed by atoms with Crippen LogP contribution in [0.5, 0.6) is 5.75 Å². The van der Waals surface area contributed by atoms with Crippen LogP contribution in [0.25, 0.3) is 6.08 Å². The Balaban J connectivity index is 2.34. The molecule has 126 valence electrons. The lowest BCUT2D eigenvalue weighted by Gasteiger charge is -2.18. The van der Waals surface area contributed by atoms with Crippen LogP contribution in [0, 0.1) is 10.1 Å². The molecule has 1 heterocycles. The quantitative estimate of drug-likeness (QED) is 0.377. The van der Waals surface area contributed by atoms with Gasteiger partial charge >= 0.3 is 11.7 Å². The van der Waals surface area contributed by atoms with Gasteiger partial charge in [0.1, 0.15) is 6.04 Å². The van der Waals surface area contributed by atoms with E-state index in [-0.39, 0.29) is 10.5 Å². The van der Waals surface area contributed by atoms with E-state index in [1.54, 1.807) is 0 Å². The zero-order chi connectivity index (χ0) is 18.0. The average Bonchev–Trinajstić information content (AvgIpc) is 2.81. The van der Waals surface area contributed by atoms with E-state index in [4.69, 9.17) is 0 Å². The molecule has 9 nitrogen and oxygen atoms in total. The van der Waals surface area contributed by atoms with Crippen molar-refractivity contribution in [2.75, 3.05) is 7.11 Å². The van der Waals surface area contributed by atoms with Crippen molar-refractivity contribution in [3.05, 3.63) is 38.8 Å². The molecule has 1 atom stereocenters. The minimum Gasteiger partial charge on any atom is -0.502 e. The molecule has 0 saturated carbocycles. The summed E-state index contributed by atoms with van der Waals surface area (Å²) < 4.78 is 4.51. The highest BCUT2D eigenvalue weighted by molar-refractivity contribution is 8.18. The van der Waals surface area contributed by atoms with Crippen molar-refractivity contribution in [1.82, 2.24) is 4.90 Å². The standard InChI is InChI=1S/C14H12N2O7S/c1-7(13(19)23-2)15-12(18)11(24-14(15)20)6-8-3-4-10(17)9(5-8)16(21)22/h3-7,17H,1-2H3/b11-6+/t7-/m1/s1. The Morgan fingerprint density at radius 3 is 2.71 bits per heavy atom. The molecule has 0 aromatic heterocycles. The number of nitro groups is 1. The minimum atomic E-state index is -1.08. The summed E-state index contributed by atoms with van der Waals surface area (Å²) in [5, 5.41) is 19.6. The van der Waals surface area contributed by atoms with E-state index < -0.39 is 39.5 Å². The molecule has 0 bridgehead atoms. The first-order valence-electron chi connectivity index (χ1n) is 6.58. The second-order valence-electron chi connectivity index (χ2n) is 4.76. The summed E-state index contributed by atoms with van der Waals surface area (Å²) in [4.78, 5) is 46.6. The molecule has 1 aliphatic rings. The second-order valence-corrected chi connectivity index (χ2v) is 5.75. The number of amides is 2. The van der Waals surface area contributed by atoms with Gasteiger partial charge in [0.25, 0.3) is 11.1 Å². The first-order valence-corrected chi connectivity index (χ1v) is 7.40. The van der Waals surface area contributed by atoms with Gasteiger partial charge in [0.05, 0.1) is 16.9 Å². The van der Waals surface area contributed by atoms with Gasteiger partial charge in [-0.2, -0.15) is 0 Å². The van der Waals surface area contributed by atoms with E-state index in [1.807, 2.05) is 0 Å². The van der Waals surface area contributed by atoms with E-state index in [0.717, 1.165) is 24.1 Å². The van der Waals surface area contributed by atoms with Gasteiger partial charge in [0.15, 0.2) is 5.75 Å². The normalized spacial score (nSPS) is 17.2. The number of carbonyl (C=O) groups excluding carboxylic acids is 3. The number of aromatic hydroxyl groups is 1. The Kier molecular flexibility index (Phi) is 4.88. The largest absolute Gasteiger partial charge is 0.502 e. The predicted molar refractivity (Wildman–Crippen MR) is 84.0 cm³/mol. The minimum absolute atomic E-state index is 0.00995. The molecule has 0 radical (unpaired) electrons. The van der Waals surface area contributed by atoms with E-state index in [1.165, 1.54) is 19.1 Å². The van der Waals surface area contributed by atoms with Crippen LogP contribution in [0.2, 0.25) is 0 Å². The highest BCUT2D eigenvalue weighted by Gasteiger charge is 2.41. The number of nitrogens with zero attached hydrogens (tertiary/aromatic N) is 2. The van der Waals surface area contributed by atoms with E-state index in [0.29, 0.717) is 11.8 Å².